The molecule has 0 aromatic heterocycles. The van der Waals surface area contributed by atoms with Crippen LogP contribution in [0.4, 0.5) is 14.9 Å². The summed E-state index contributed by atoms with van der Waals surface area (Å²) in [6, 6.07) is 19.2. The Morgan fingerprint density at radius 1 is 0.895 bits per heavy atom. The number of esters is 1. The van der Waals surface area contributed by atoms with Gasteiger partial charge in [0.05, 0.1) is 19.2 Å². The molecule has 1 heterocycles. The van der Waals surface area contributed by atoms with Crippen LogP contribution in [-0.4, -0.2) is 66.4 Å². The number of carbonyl (C=O) groups excluding carboxylic acids is 4. The minimum absolute atomic E-state index is 0.0420. The van der Waals surface area contributed by atoms with Crippen LogP contribution in [0.5, 0.6) is 0 Å². The topological polar surface area (TPSA) is 108 Å². The molecular weight excluding hydrogens is 491 g/mol. The van der Waals surface area contributed by atoms with Crippen LogP contribution in [0.2, 0.25) is 0 Å². The van der Waals surface area contributed by atoms with Gasteiger partial charge in [-0.2, -0.15) is 0 Å². The third kappa shape index (κ3) is 6.33. The maximum Gasteiger partial charge on any atom is 0.337 e. The van der Waals surface area contributed by atoms with Crippen molar-refractivity contribution < 1.29 is 28.3 Å². The van der Waals surface area contributed by atoms with Gasteiger partial charge < -0.3 is 25.2 Å². The molecule has 9 nitrogen and oxygen atoms in total. The average molecular weight is 519 g/mol. The highest BCUT2D eigenvalue weighted by Crippen LogP contribution is 2.18. The van der Waals surface area contributed by atoms with Crippen LogP contribution in [0.1, 0.15) is 26.3 Å². The lowest BCUT2D eigenvalue weighted by atomic mass is 10.1. The standard InChI is InChI=1S/C28H27FN4O5/c1-38-27(36)21-9-13-23(14-10-21)31-28(37)32-15-16-33(26(35)20-7-11-22(29)12-8-20)24(18-32)25(34)30-17-19-5-3-2-4-6-19/h2-14,24H,15-18H2,1H3,(H,30,34)(H,31,37). The van der Waals surface area contributed by atoms with Crippen molar-refractivity contribution in [3.63, 3.8) is 0 Å². The quantitative estimate of drug-likeness (QED) is 0.487. The van der Waals surface area contributed by atoms with Crippen molar-refractivity contribution in [3.05, 3.63) is 101 Å². The fourth-order valence-corrected chi connectivity index (χ4v) is 4.11. The number of carbonyl (C=O) groups is 4. The van der Waals surface area contributed by atoms with Gasteiger partial charge in [0.1, 0.15) is 11.9 Å². The zero-order valence-corrected chi connectivity index (χ0v) is 20.7. The molecule has 4 amide bonds. The van der Waals surface area contributed by atoms with Crippen molar-refractivity contribution in [2.75, 3.05) is 32.1 Å². The summed E-state index contributed by atoms with van der Waals surface area (Å²) in [7, 11) is 1.28. The Bertz CT molecular complexity index is 1300. The Morgan fingerprint density at radius 3 is 2.21 bits per heavy atom. The third-order valence-electron chi connectivity index (χ3n) is 6.19. The van der Waals surface area contributed by atoms with Crippen molar-refractivity contribution in [2.45, 2.75) is 12.6 Å². The summed E-state index contributed by atoms with van der Waals surface area (Å²) in [5.41, 5.74) is 1.93. The summed E-state index contributed by atoms with van der Waals surface area (Å²) in [5.74, 6) is -1.80. The highest BCUT2D eigenvalue weighted by molar-refractivity contribution is 5.98. The predicted molar refractivity (Wildman–Crippen MR) is 138 cm³/mol. The Labute approximate surface area is 219 Å². The van der Waals surface area contributed by atoms with E-state index in [1.54, 1.807) is 12.1 Å². The zero-order chi connectivity index (χ0) is 27.1. The molecule has 1 aliphatic rings. The highest BCUT2D eigenvalue weighted by Gasteiger charge is 2.37. The van der Waals surface area contributed by atoms with E-state index in [0.29, 0.717) is 11.3 Å². The number of benzene rings is 3. The predicted octanol–water partition coefficient (Wildman–Crippen LogP) is 3.29. The van der Waals surface area contributed by atoms with Gasteiger partial charge in [-0.3, -0.25) is 9.59 Å². The number of nitrogens with zero attached hydrogens (tertiary/aromatic N) is 2. The van der Waals surface area contributed by atoms with E-state index in [-0.39, 0.29) is 31.7 Å². The smallest absolute Gasteiger partial charge is 0.337 e. The molecule has 0 bridgehead atoms. The molecule has 1 saturated heterocycles. The van der Waals surface area contributed by atoms with Crippen LogP contribution in [0.15, 0.2) is 78.9 Å². The Hall–Kier alpha value is -4.73. The molecule has 10 heteroatoms. The lowest BCUT2D eigenvalue weighted by Crippen LogP contribution is -2.62. The highest BCUT2D eigenvalue weighted by atomic mass is 19.1. The van der Waals surface area contributed by atoms with Gasteiger partial charge in [0.25, 0.3) is 5.91 Å². The average Bonchev–Trinajstić information content (AvgIpc) is 2.96. The molecule has 1 fully saturated rings. The van der Waals surface area contributed by atoms with Gasteiger partial charge in [-0.05, 0) is 54.1 Å². The summed E-state index contributed by atoms with van der Waals surface area (Å²) in [4.78, 5) is 54.0. The van der Waals surface area contributed by atoms with Crippen molar-refractivity contribution in [1.82, 2.24) is 15.1 Å². The monoisotopic (exact) mass is 518 g/mol. The normalized spacial score (nSPS) is 14.9. The summed E-state index contributed by atoms with van der Waals surface area (Å²) >= 11 is 0. The van der Waals surface area contributed by atoms with E-state index in [4.69, 9.17) is 0 Å². The Balaban J connectivity index is 1.48. The minimum atomic E-state index is -0.961. The van der Waals surface area contributed by atoms with Gasteiger partial charge in [0.2, 0.25) is 5.91 Å². The number of halogens is 1. The number of urea groups is 1. The molecule has 0 saturated carbocycles. The molecule has 2 N–H and O–H groups in total. The second-order valence-corrected chi connectivity index (χ2v) is 8.67. The van der Waals surface area contributed by atoms with Crippen molar-refractivity contribution in [2.24, 2.45) is 0 Å². The number of piperazine rings is 1. The fraction of sp³-hybridized carbons (Fsp3) is 0.214. The number of hydrogen-bond acceptors (Lipinski definition) is 5. The largest absolute Gasteiger partial charge is 0.465 e. The maximum absolute atomic E-state index is 13.4. The van der Waals surface area contributed by atoms with Crippen LogP contribution in [-0.2, 0) is 16.1 Å². The van der Waals surface area contributed by atoms with Crippen molar-refractivity contribution >= 4 is 29.5 Å². The van der Waals surface area contributed by atoms with Crippen LogP contribution in [0, 0.1) is 5.82 Å². The van der Waals surface area contributed by atoms with E-state index in [9.17, 15) is 23.6 Å². The summed E-state index contributed by atoms with van der Waals surface area (Å²) in [6.07, 6.45) is 0. The number of amides is 4. The molecule has 1 unspecified atom stereocenters. The molecule has 0 spiro atoms. The number of methoxy groups -OCH3 is 1. The number of hydrogen-bond donors (Lipinski definition) is 2. The molecule has 3 aromatic rings. The van der Waals surface area contributed by atoms with E-state index in [2.05, 4.69) is 15.4 Å². The lowest BCUT2D eigenvalue weighted by molar-refractivity contribution is -0.127. The summed E-state index contributed by atoms with van der Waals surface area (Å²) < 4.78 is 18.1. The van der Waals surface area contributed by atoms with E-state index in [1.165, 1.54) is 53.3 Å². The second-order valence-electron chi connectivity index (χ2n) is 8.67. The van der Waals surface area contributed by atoms with E-state index < -0.39 is 35.7 Å². The molecule has 1 aliphatic heterocycles. The number of rotatable bonds is 6. The van der Waals surface area contributed by atoms with E-state index in [1.807, 2.05) is 30.3 Å². The molecule has 196 valence electrons. The van der Waals surface area contributed by atoms with Gasteiger partial charge in [0, 0.05) is 30.9 Å². The van der Waals surface area contributed by atoms with Gasteiger partial charge in [0.15, 0.2) is 0 Å². The number of nitrogens with one attached hydrogen (secondary N) is 2. The minimum Gasteiger partial charge on any atom is -0.465 e. The van der Waals surface area contributed by atoms with E-state index >= 15 is 0 Å². The van der Waals surface area contributed by atoms with Crippen LogP contribution in [0.3, 0.4) is 0 Å². The SMILES string of the molecule is COC(=O)c1ccc(NC(=O)N2CCN(C(=O)c3ccc(F)cc3)C(C(=O)NCc3ccccc3)C2)cc1. The molecular formula is C28H27FN4O5. The van der Waals surface area contributed by atoms with Crippen molar-refractivity contribution in [3.8, 4) is 0 Å². The molecule has 4 rings (SSSR count). The summed E-state index contributed by atoms with van der Waals surface area (Å²) in [6.45, 7) is 0.503. The van der Waals surface area contributed by atoms with Gasteiger partial charge >= 0.3 is 12.0 Å². The van der Waals surface area contributed by atoms with Gasteiger partial charge in [-0.1, -0.05) is 30.3 Å². The maximum atomic E-state index is 13.4. The van der Waals surface area contributed by atoms with Crippen LogP contribution >= 0.6 is 0 Å². The number of ether oxygens (including phenoxy) is 1. The molecule has 38 heavy (non-hydrogen) atoms. The first-order valence-electron chi connectivity index (χ1n) is 12.0. The third-order valence-corrected chi connectivity index (χ3v) is 6.19. The Kier molecular flexibility index (Phi) is 8.32. The van der Waals surface area contributed by atoms with Crippen LogP contribution in [0.25, 0.3) is 0 Å². The lowest BCUT2D eigenvalue weighted by Gasteiger charge is -2.40. The second kappa shape index (κ2) is 12.0. The fourth-order valence-electron chi connectivity index (χ4n) is 4.11. The zero-order valence-electron chi connectivity index (χ0n) is 20.7. The first kappa shape index (κ1) is 26.3. The van der Waals surface area contributed by atoms with Crippen molar-refractivity contribution in [1.29, 1.82) is 0 Å². The molecule has 1 atom stereocenters. The molecule has 3 aromatic carbocycles. The van der Waals surface area contributed by atoms with Crippen LogP contribution < -0.4 is 10.6 Å². The molecule has 0 radical (unpaired) electrons. The summed E-state index contributed by atoms with van der Waals surface area (Å²) in [5, 5.41) is 5.60. The molecule has 0 aliphatic carbocycles. The van der Waals surface area contributed by atoms with Gasteiger partial charge in [-0.15, -0.1) is 0 Å². The Morgan fingerprint density at radius 2 is 1.55 bits per heavy atom. The van der Waals surface area contributed by atoms with Gasteiger partial charge in [-0.25, -0.2) is 14.0 Å². The first-order chi connectivity index (χ1) is 18.4. The van der Waals surface area contributed by atoms with E-state index in [0.717, 1.165) is 5.56 Å². The number of anilines is 1. The first-order valence-corrected chi connectivity index (χ1v) is 12.0.